The van der Waals surface area contributed by atoms with E-state index >= 15 is 0 Å². The van der Waals surface area contributed by atoms with Crippen LogP contribution in [0.25, 0.3) is 0 Å². The van der Waals surface area contributed by atoms with E-state index in [0.29, 0.717) is 10.7 Å². The summed E-state index contributed by atoms with van der Waals surface area (Å²) in [5.41, 5.74) is 8.57. The molecule has 0 radical (unpaired) electrons. The Hall–Kier alpha value is -1.10. The van der Waals surface area contributed by atoms with Crippen molar-refractivity contribution in [3.63, 3.8) is 0 Å². The van der Waals surface area contributed by atoms with Crippen LogP contribution in [0.4, 0.5) is 5.69 Å². The number of nitrogens with zero attached hydrogens (tertiary/aromatic N) is 1. The van der Waals surface area contributed by atoms with Crippen LogP contribution in [0.5, 0.6) is 0 Å². The Morgan fingerprint density at radius 2 is 2.18 bits per heavy atom. The number of hydrogen-bond acceptors (Lipinski definition) is 4. The second-order valence-corrected chi connectivity index (χ2v) is 5.35. The zero-order chi connectivity index (χ0) is 12.3. The van der Waals surface area contributed by atoms with Gasteiger partial charge in [0.2, 0.25) is 0 Å². The van der Waals surface area contributed by atoms with Gasteiger partial charge in [-0.2, -0.15) is 0 Å². The lowest BCUT2D eigenvalue weighted by Crippen LogP contribution is -2.13. The first kappa shape index (κ1) is 12.4. The van der Waals surface area contributed by atoms with Crippen molar-refractivity contribution in [2.45, 2.75) is 20.0 Å². The molecule has 0 aliphatic carbocycles. The van der Waals surface area contributed by atoms with Gasteiger partial charge in [0.05, 0.1) is 10.7 Å². The average molecular weight is 268 g/mol. The predicted octanol–water partition coefficient (Wildman–Crippen LogP) is 2.98. The molecule has 3 N–H and O–H groups in total. The van der Waals surface area contributed by atoms with Gasteiger partial charge in [-0.3, -0.25) is 0 Å². The lowest BCUT2D eigenvalue weighted by molar-refractivity contribution is 0.682. The first-order valence-electron chi connectivity index (χ1n) is 5.30. The molecule has 90 valence electrons. The van der Waals surface area contributed by atoms with Gasteiger partial charge in [0.1, 0.15) is 0 Å². The summed E-state index contributed by atoms with van der Waals surface area (Å²) in [5, 5.41) is 7.14. The van der Waals surface area contributed by atoms with Crippen LogP contribution in [0.15, 0.2) is 23.6 Å². The number of nitrogen functional groups attached to an aromatic ring is 1. The Labute approximate surface area is 110 Å². The molecule has 0 spiro atoms. The van der Waals surface area contributed by atoms with Gasteiger partial charge >= 0.3 is 0 Å². The van der Waals surface area contributed by atoms with Gasteiger partial charge in [-0.05, 0) is 30.7 Å². The van der Waals surface area contributed by atoms with Crippen LogP contribution in [0.2, 0.25) is 5.02 Å². The van der Waals surface area contributed by atoms with Crippen molar-refractivity contribution in [3.8, 4) is 0 Å². The highest BCUT2D eigenvalue weighted by molar-refractivity contribution is 7.09. The third kappa shape index (κ3) is 3.70. The van der Waals surface area contributed by atoms with Crippen molar-refractivity contribution in [3.05, 3.63) is 44.9 Å². The second kappa shape index (κ2) is 5.49. The van der Waals surface area contributed by atoms with Crippen molar-refractivity contribution < 1.29 is 0 Å². The highest BCUT2D eigenvalue weighted by atomic mass is 35.5. The van der Waals surface area contributed by atoms with Crippen LogP contribution in [-0.4, -0.2) is 4.98 Å². The van der Waals surface area contributed by atoms with E-state index in [2.05, 4.69) is 15.7 Å². The Balaban J connectivity index is 1.89. The number of nitrogens with one attached hydrogen (secondary N) is 1. The van der Waals surface area contributed by atoms with Crippen molar-refractivity contribution in [1.82, 2.24) is 10.3 Å². The van der Waals surface area contributed by atoms with E-state index in [9.17, 15) is 0 Å². The highest BCUT2D eigenvalue weighted by Gasteiger charge is 2.00. The van der Waals surface area contributed by atoms with Crippen molar-refractivity contribution in [2.75, 3.05) is 5.73 Å². The Morgan fingerprint density at radius 3 is 2.82 bits per heavy atom. The number of hydrogen-bond donors (Lipinski definition) is 2. The number of nitrogens with two attached hydrogens (primary N) is 1. The fourth-order valence-corrected chi connectivity index (χ4v) is 2.48. The van der Waals surface area contributed by atoms with Crippen LogP contribution < -0.4 is 11.1 Å². The van der Waals surface area contributed by atoms with Crippen LogP contribution in [0.1, 0.15) is 16.3 Å². The maximum atomic E-state index is 5.93. The molecule has 5 heteroatoms. The van der Waals surface area contributed by atoms with Gasteiger partial charge in [0.15, 0.2) is 0 Å². The molecule has 0 atom stereocenters. The molecule has 0 fully saturated rings. The Morgan fingerprint density at radius 1 is 1.35 bits per heavy atom. The SMILES string of the molecule is Cc1nc(CNCc2cc(N)cc(Cl)c2)cs1. The van der Waals surface area contributed by atoms with Gasteiger partial charge in [0.25, 0.3) is 0 Å². The summed E-state index contributed by atoms with van der Waals surface area (Å²) < 4.78 is 0. The van der Waals surface area contributed by atoms with Crippen molar-refractivity contribution in [1.29, 1.82) is 0 Å². The molecule has 1 heterocycles. The molecule has 17 heavy (non-hydrogen) atoms. The van der Waals surface area contributed by atoms with E-state index in [-0.39, 0.29) is 0 Å². The fraction of sp³-hybridized carbons (Fsp3) is 0.250. The zero-order valence-electron chi connectivity index (χ0n) is 9.53. The molecule has 2 rings (SSSR count). The number of thiazole rings is 1. The summed E-state index contributed by atoms with van der Waals surface area (Å²) in [6.45, 7) is 3.50. The quantitative estimate of drug-likeness (QED) is 0.838. The lowest BCUT2D eigenvalue weighted by atomic mass is 10.2. The van der Waals surface area contributed by atoms with E-state index in [0.717, 1.165) is 29.4 Å². The largest absolute Gasteiger partial charge is 0.399 e. The van der Waals surface area contributed by atoms with Gasteiger partial charge in [0, 0.05) is 29.2 Å². The Kier molecular flexibility index (Phi) is 3.99. The second-order valence-electron chi connectivity index (χ2n) is 3.85. The number of halogens is 1. The van der Waals surface area contributed by atoms with E-state index in [4.69, 9.17) is 17.3 Å². The number of anilines is 1. The molecular weight excluding hydrogens is 254 g/mol. The number of benzene rings is 1. The molecular formula is C12H14ClN3S. The maximum absolute atomic E-state index is 5.93. The van der Waals surface area contributed by atoms with Crippen LogP contribution in [0, 0.1) is 6.92 Å². The smallest absolute Gasteiger partial charge is 0.0897 e. The van der Waals surface area contributed by atoms with Gasteiger partial charge in [-0.1, -0.05) is 11.6 Å². The van der Waals surface area contributed by atoms with Crippen LogP contribution in [0.3, 0.4) is 0 Å². The van der Waals surface area contributed by atoms with E-state index in [1.807, 2.05) is 19.1 Å². The van der Waals surface area contributed by atoms with Crippen LogP contribution >= 0.6 is 22.9 Å². The minimum absolute atomic E-state index is 0.673. The molecule has 0 unspecified atom stereocenters. The average Bonchev–Trinajstić information content (AvgIpc) is 2.63. The monoisotopic (exact) mass is 267 g/mol. The number of rotatable bonds is 4. The van der Waals surface area contributed by atoms with Gasteiger partial charge in [-0.15, -0.1) is 11.3 Å². The summed E-state index contributed by atoms with van der Waals surface area (Å²) in [4.78, 5) is 4.38. The zero-order valence-corrected chi connectivity index (χ0v) is 11.1. The third-order valence-electron chi connectivity index (χ3n) is 2.28. The lowest BCUT2D eigenvalue weighted by Gasteiger charge is -2.05. The molecule has 0 aliphatic rings. The first-order chi connectivity index (χ1) is 8.13. The molecule has 0 amide bonds. The van der Waals surface area contributed by atoms with Gasteiger partial charge < -0.3 is 11.1 Å². The van der Waals surface area contributed by atoms with Crippen LogP contribution in [-0.2, 0) is 13.1 Å². The topological polar surface area (TPSA) is 50.9 Å². The maximum Gasteiger partial charge on any atom is 0.0897 e. The summed E-state index contributed by atoms with van der Waals surface area (Å²) in [7, 11) is 0. The predicted molar refractivity (Wildman–Crippen MR) is 73.3 cm³/mol. The molecule has 1 aromatic heterocycles. The summed E-state index contributed by atoms with van der Waals surface area (Å²) in [6, 6.07) is 5.58. The highest BCUT2D eigenvalue weighted by Crippen LogP contribution is 2.16. The summed E-state index contributed by atoms with van der Waals surface area (Å²) >= 11 is 7.59. The van der Waals surface area contributed by atoms with E-state index < -0.39 is 0 Å². The molecule has 1 aromatic carbocycles. The minimum atomic E-state index is 0.673. The minimum Gasteiger partial charge on any atom is -0.399 e. The number of aromatic nitrogens is 1. The molecule has 0 aliphatic heterocycles. The Bertz CT molecular complexity index is 490. The third-order valence-corrected chi connectivity index (χ3v) is 3.32. The van der Waals surface area contributed by atoms with Gasteiger partial charge in [-0.25, -0.2) is 4.98 Å². The first-order valence-corrected chi connectivity index (χ1v) is 6.56. The summed E-state index contributed by atoms with van der Waals surface area (Å²) in [6.07, 6.45) is 0. The van der Waals surface area contributed by atoms with Crippen molar-refractivity contribution >= 4 is 28.6 Å². The number of aryl methyl sites for hydroxylation is 1. The normalized spacial score (nSPS) is 10.7. The van der Waals surface area contributed by atoms with E-state index in [1.54, 1.807) is 17.4 Å². The molecule has 2 aromatic rings. The summed E-state index contributed by atoms with van der Waals surface area (Å²) in [5.74, 6) is 0. The molecule has 0 bridgehead atoms. The molecule has 3 nitrogen and oxygen atoms in total. The fourth-order valence-electron chi connectivity index (χ4n) is 1.60. The molecule has 0 saturated heterocycles. The van der Waals surface area contributed by atoms with E-state index in [1.165, 1.54) is 0 Å². The standard InChI is InChI=1S/C12H14ClN3S/c1-8-16-12(7-17-8)6-15-5-9-2-10(13)4-11(14)3-9/h2-4,7,15H,5-6,14H2,1H3. The van der Waals surface area contributed by atoms with Crippen molar-refractivity contribution in [2.24, 2.45) is 0 Å². The molecule has 0 saturated carbocycles.